The van der Waals surface area contributed by atoms with Crippen LogP contribution >= 0.6 is 0 Å². The first kappa shape index (κ1) is 24.0. The summed E-state index contributed by atoms with van der Waals surface area (Å²) in [5, 5.41) is 3.91. The molecule has 1 saturated heterocycles. The Morgan fingerprint density at radius 1 is 0.973 bits per heavy atom. The number of nitrogens with zero attached hydrogens (tertiary/aromatic N) is 5. The van der Waals surface area contributed by atoms with Crippen LogP contribution in [-0.4, -0.2) is 39.4 Å². The zero-order valence-corrected chi connectivity index (χ0v) is 20.4. The first-order chi connectivity index (χ1) is 17.8. The largest absolute Gasteiger partial charge is 0.366 e. The minimum atomic E-state index is -0.562. The number of hydrogen-bond donors (Lipinski definition) is 1. The monoisotopic (exact) mass is 500 g/mol. The van der Waals surface area contributed by atoms with Gasteiger partial charge in [-0.3, -0.25) is 14.6 Å². The molecular formula is C27H25FN6O3. The number of halogens is 1. The van der Waals surface area contributed by atoms with Crippen molar-refractivity contribution in [3.05, 3.63) is 94.4 Å². The second-order valence-electron chi connectivity index (χ2n) is 8.73. The maximum Gasteiger partial charge on any atom is 0.350 e. The van der Waals surface area contributed by atoms with E-state index in [1.165, 1.54) is 28.7 Å². The van der Waals surface area contributed by atoms with Crippen molar-refractivity contribution in [1.82, 2.24) is 14.3 Å². The molecule has 188 valence electrons. The number of nitrogens with two attached hydrogens (primary N) is 1. The Balaban J connectivity index is 1.50. The van der Waals surface area contributed by atoms with Crippen LogP contribution < -0.4 is 21.2 Å². The molecule has 2 heterocycles. The van der Waals surface area contributed by atoms with E-state index >= 15 is 4.39 Å². The van der Waals surface area contributed by atoms with E-state index in [1.807, 2.05) is 19.1 Å². The highest BCUT2D eigenvalue weighted by atomic mass is 19.1. The van der Waals surface area contributed by atoms with Gasteiger partial charge in [-0.2, -0.15) is 5.10 Å². The standard InChI is InChI=1S/C27H25FN6O3/c1-3-20-21(22-11-10-19(15-23(22)28)34-16-30-31(2)26(34)36)8-5-9-24(20)33-13-12-32(27(33)37)18-7-4-6-17(14-18)25(29)35/h4-11,14-16H,3,12-13H2,1-2H3,(H2,29,35). The van der Waals surface area contributed by atoms with Crippen molar-refractivity contribution in [2.24, 2.45) is 12.8 Å². The quantitative estimate of drug-likeness (QED) is 0.437. The number of aromatic nitrogens is 3. The van der Waals surface area contributed by atoms with E-state index in [1.54, 1.807) is 52.3 Å². The SMILES string of the molecule is CCc1c(-c2ccc(-n3cnn(C)c3=O)cc2F)cccc1N1CCN(c2cccc(C(N)=O)c2)C1=O. The number of amides is 3. The zero-order chi connectivity index (χ0) is 26.3. The third kappa shape index (κ3) is 4.16. The van der Waals surface area contributed by atoms with Crippen molar-refractivity contribution in [3.8, 4) is 16.8 Å². The number of carbonyl (C=O) groups is 2. The molecule has 0 saturated carbocycles. The molecule has 3 aromatic carbocycles. The van der Waals surface area contributed by atoms with Gasteiger partial charge in [-0.1, -0.05) is 25.1 Å². The third-order valence-electron chi connectivity index (χ3n) is 6.59. The van der Waals surface area contributed by atoms with Gasteiger partial charge in [-0.05, 0) is 60.0 Å². The molecular weight excluding hydrogens is 475 g/mol. The molecule has 0 unspecified atom stereocenters. The van der Waals surface area contributed by atoms with Gasteiger partial charge < -0.3 is 5.73 Å². The predicted molar refractivity (Wildman–Crippen MR) is 139 cm³/mol. The molecule has 2 N–H and O–H groups in total. The van der Waals surface area contributed by atoms with Crippen molar-refractivity contribution in [3.63, 3.8) is 0 Å². The molecule has 0 radical (unpaired) electrons. The van der Waals surface area contributed by atoms with E-state index in [-0.39, 0.29) is 11.7 Å². The topological polar surface area (TPSA) is 106 Å². The van der Waals surface area contributed by atoms with Crippen LogP contribution in [0.4, 0.5) is 20.6 Å². The van der Waals surface area contributed by atoms with Crippen molar-refractivity contribution in [2.75, 3.05) is 22.9 Å². The lowest BCUT2D eigenvalue weighted by Crippen LogP contribution is -2.32. The lowest BCUT2D eigenvalue weighted by Gasteiger charge is -2.23. The van der Waals surface area contributed by atoms with E-state index < -0.39 is 11.7 Å². The number of anilines is 2. The summed E-state index contributed by atoms with van der Waals surface area (Å²) in [5.41, 5.74) is 8.89. The molecule has 0 aliphatic carbocycles. The fourth-order valence-electron chi connectivity index (χ4n) is 4.71. The summed E-state index contributed by atoms with van der Waals surface area (Å²) in [5.74, 6) is -1.05. The van der Waals surface area contributed by atoms with E-state index in [2.05, 4.69) is 5.10 Å². The molecule has 0 spiro atoms. The van der Waals surface area contributed by atoms with Crippen LogP contribution in [0, 0.1) is 5.82 Å². The summed E-state index contributed by atoms with van der Waals surface area (Å²) in [4.78, 5) is 40.5. The maximum absolute atomic E-state index is 15.4. The molecule has 5 rings (SSSR count). The van der Waals surface area contributed by atoms with Gasteiger partial charge in [0.15, 0.2) is 0 Å². The molecule has 1 fully saturated rings. The summed E-state index contributed by atoms with van der Waals surface area (Å²) in [6.07, 6.45) is 1.91. The number of aryl methyl sites for hydroxylation is 1. The summed E-state index contributed by atoms with van der Waals surface area (Å²) in [6, 6.07) is 16.5. The number of urea groups is 1. The number of benzene rings is 3. The summed E-state index contributed by atoms with van der Waals surface area (Å²) < 4.78 is 17.8. The molecule has 4 aromatic rings. The van der Waals surface area contributed by atoms with Crippen LogP contribution in [0.25, 0.3) is 16.8 Å². The number of rotatable bonds is 6. The lowest BCUT2D eigenvalue weighted by atomic mass is 9.95. The first-order valence-electron chi connectivity index (χ1n) is 11.8. The van der Waals surface area contributed by atoms with Crippen LogP contribution in [0.3, 0.4) is 0 Å². The van der Waals surface area contributed by atoms with E-state index in [9.17, 15) is 14.4 Å². The molecule has 1 aliphatic heterocycles. The van der Waals surface area contributed by atoms with Crippen LogP contribution in [0.15, 0.2) is 71.8 Å². The van der Waals surface area contributed by atoms with Crippen molar-refractivity contribution in [1.29, 1.82) is 0 Å². The minimum absolute atomic E-state index is 0.236. The molecule has 0 atom stereocenters. The Labute approximate surface area is 212 Å². The van der Waals surface area contributed by atoms with Crippen LogP contribution in [0.5, 0.6) is 0 Å². The summed E-state index contributed by atoms with van der Waals surface area (Å²) >= 11 is 0. The van der Waals surface area contributed by atoms with Gasteiger partial charge in [-0.15, -0.1) is 0 Å². The first-order valence-corrected chi connectivity index (χ1v) is 11.8. The highest BCUT2D eigenvalue weighted by Crippen LogP contribution is 2.36. The summed E-state index contributed by atoms with van der Waals surface area (Å²) in [7, 11) is 1.53. The molecule has 37 heavy (non-hydrogen) atoms. The lowest BCUT2D eigenvalue weighted by molar-refractivity contribution is 0.1000. The Hall–Kier alpha value is -4.73. The average Bonchev–Trinajstić information content (AvgIpc) is 3.45. The predicted octanol–water partition coefficient (Wildman–Crippen LogP) is 3.49. The molecule has 1 aromatic heterocycles. The van der Waals surface area contributed by atoms with Gasteiger partial charge in [0.1, 0.15) is 12.1 Å². The zero-order valence-electron chi connectivity index (χ0n) is 20.4. The Morgan fingerprint density at radius 3 is 2.41 bits per heavy atom. The number of hydrogen-bond acceptors (Lipinski definition) is 4. The third-order valence-corrected chi connectivity index (χ3v) is 6.59. The van der Waals surface area contributed by atoms with Gasteiger partial charge in [0.2, 0.25) is 5.91 Å². The van der Waals surface area contributed by atoms with Crippen LogP contribution in [-0.2, 0) is 13.5 Å². The number of carbonyl (C=O) groups excluding carboxylic acids is 2. The Morgan fingerprint density at radius 2 is 1.73 bits per heavy atom. The molecule has 0 bridgehead atoms. The van der Waals surface area contributed by atoms with Crippen molar-refractivity contribution >= 4 is 23.3 Å². The smallest absolute Gasteiger partial charge is 0.350 e. The van der Waals surface area contributed by atoms with Gasteiger partial charge in [0, 0.05) is 42.6 Å². The van der Waals surface area contributed by atoms with E-state index in [4.69, 9.17) is 5.73 Å². The fraction of sp³-hybridized carbons (Fsp3) is 0.185. The van der Waals surface area contributed by atoms with E-state index in [0.717, 1.165) is 5.56 Å². The highest BCUT2D eigenvalue weighted by molar-refractivity contribution is 6.07. The Kier molecular flexibility index (Phi) is 6.08. The van der Waals surface area contributed by atoms with Crippen LogP contribution in [0.1, 0.15) is 22.8 Å². The molecule has 9 nitrogen and oxygen atoms in total. The highest BCUT2D eigenvalue weighted by Gasteiger charge is 2.32. The average molecular weight is 501 g/mol. The second-order valence-corrected chi connectivity index (χ2v) is 8.73. The van der Waals surface area contributed by atoms with Gasteiger partial charge in [-0.25, -0.2) is 23.2 Å². The van der Waals surface area contributed by atoms with Crippen molar-refractivity contribution < 1.29 is 14.0 Å². The molecule has 10 heteroatoms. The van der Waals surface area contributed by atoms with E-state index in [0.29, 0.717) is 53.3 Å². The van der Waals surface area contributed by atoms with Crippen molar-refractivity contribution in [2.45, 2.75) is 13.3 Å². The van der Waals surface area contributed by atoms with Gasteiger partial charge in [0.25, 0.3) is 0 Å². The summed E-state index contributed by atoms with van der Waals surface area (Å²) in [6.45, 7) is 2.82. The molecule has 1 aliphatic rings. The second kappa shape index (κ2) is 9.38. The van der Waals surface area contributed by atoms with Gasteiger partial charge in [0.05, 0.1) is 5.69 Å². The molecule has 3 amide bonds. The number of primary amides is 1. The Bertz CT molecular complexity index is 1590. The minimum Gasteiger partial charge on any atom is -0.366 e. The van der Waals surface area contributed by atoms with Gasteiger partial charge >= 0.3 is 11.7 Å². The maximum atomic E-state index is 15.4. The normalized spacial score (nSPS) is 13.4. The van der Waals surface area contributed by atoms with Crippen LogP contribution in [0.2, 0.25) is 0 Å². The fourth-order valence-corrected chi connectivity index (χ4v) is 4.71.